The molecule has 5 nitrogen and oxygen atoms in total. The zero-order valence-electron chi connectivity index (χ0n) is 11.8. The molecule has 1 saturated heterocycles. The van der Waals surface area contributed by atoms with Crippen LogP contribution in [0.25, 0.3) is 0 Å². The highest BCUT2D eigenvalue weighted by Gasteiger charge is 2.30. The Morgan fingerprint density at radius 1 is 1.50 bits per heavy atom. The van der Waals surface area contributed by atoms with Gasteiger partial charge in [0, 0.05) is 18.0 Å². The van der Waals surface area contributed by atoms with Gasteiger partial charge in [0.25, 0.3) is 0 Å². The Balaban J connectivity index is 2.01. The third-order valence-electron chi connectivity index (χ3n) is 3.25. The number of carbonyl (C=O) groups is 2. The molecule has 1 aliphatic heterocycles. The number of hydrogen-bond donors (Lipinski definition) is 1. The minimum atomic E-state index is -0.367. The molecule has 1 amide bonds. The lowest BCUT2D eigenvalue weighted by atomic mass is 10.2. The summed E-state index contributed by atoms with van der Waals surface area (Å²) in [7, 11) is 0. The summed E-state index contributed by atoms with van der Waals surface area (Å²) < 4.78 is 5.36. The van der Waals surface area contributed by atoms with Crippen LogP contribution in [0.5, 0.6) is 0 Å². The van der Waals surface area contributed by atoms with Crippen molar-refractivity contribution in [3.63, 3.8) is 0 Å². The highest BCUT2D eigenvalue weighted by molar-refractivity contribution is 7.14. The third kappa shape index (κ3) is 3.65. The van der Waals surface area contributed by atoms with E-state index >= 15 is 0 Å². The summed E-state index contributed by atoms with van der Waals surface area (Å²) in [6.45, 7) is 6.23. The van der Waals surface area contributed by atoms with E-state index in [1.807, 2.05) is 30.9 Å². The molecule has 1 aromatic rings. The first-order chi connectivity index (χ1) is 9.61. The fraction of sp³-hybridized carbons (Fsp3) is 0.571. The van der Waals surface area contributed by atoms with Gasteiger partial charge in [0.05, 0.1) is 24.6 Å². The summed E-state index contributed by atoms with van der Waals surface area (Å²) in [4.78, 5) is 28.0. The number of nitrogens with one attached hydrogen (secondary N) is 1. The van der Waals surface area contributed by atoms with Crippen LogP contribution in [0.3, 0.4) is 0 Å². The van der Waals surface area contributed by atoms with E-state index < -0.39 is 0 Å². The van der Waals surface area contributed by atoms with Crippen molar-refractivity contribution >= 4 is 23.0 Å². The second kappa shape index (κ2) is 6.97. The van der Waals surface area contributed by atoms with E-state index in [2.05, 4.69) is 5.32 Å². The fourth-order valence-electron chi connectivity index (χ4n) is 2.21. The van der Waals surface area contributed by atoms with Gasteiger partial charge in [0.15, 0.2) is 5.78 Å². The average molecular weight is 296 g/mol. The zero-order chi connectivity index (χ0) is 14.5. The van der Waals surface area contributed by atoms with Gasteiger partial charge in [-0.2, -0.15) is 0 Å². The summed E-state index contributed by atoms with van der Waals surface area (Å²) in [5, 5.41) is 2.79. The first-order valence-corrected chi connectivity index (χ1v) is 7.62. The van der Waals surface area contributed by atoms with Crippen LogP contribution in [0.1, 0.15) is 21.5 Å². The molecule has 0 saturated carbocycles. The van der Waals surface area contributed by atoms with Crippen LogP contribution in [0.15, 0.2) is 12.1 Å². The standard InChI is InChI=1S/C14H20N2O3S/c1-3-15-14(18)11-9-19-7-6-16(11)8-12(17)13-5-4-10(2)20-13/h4-5,11H,3,6-9H2,1-2H3,(H,15,18). The van der Waals surface area contributed by atoms with Gasteiger partial charge in [-0.3, -0.25) is 14.5 Å². The summed E-state index contributed by atoms with van der Waals surface area (Å²) in [6, 6.07) is 3.43. The molecule has 1 N–H and O–H groups in total. The highest BCUT2D eigenvalue weighted by Crippen LogP contribution is 2.17. The van der Waals surface area contributed by atoms with Gasteiger partial charge in [-0.15, -0.1) is 11.3 Å². The van der Waals surface area contributed by atoms with Crippen LogP contribution in [-0.2, 0) is 9.53 Å². The van der Waals surface area contributed by atoms with Gasteiger partial charge in [-0.05, 0) is 26.0 Å². The van der Waals surface area contributed by atoms with Crippen LogP contribution < -0.4 is 5.32 Å². The van der Waals surface area contributed by atoms with Crippen molar-refractivity contribution in [2.45, 2.75) is 19.9 Å². The topological polar surface area (TPSA) is 58.6 Å². The maximum absolute atomic E-state index is 12.2. The molecule has 1 fully saturated rings. The molecule has 0 aromatic carbocycles. The van der Waals surface area contributed by atoms with Crippen LogP contribution in [0.2, 0.25) is 0 Å². The lowest BCUT2D eigenvalue weighted by Gasteiger charge is -2.33. The van der Waals surface area contributed by atoms with Crippen molar-refractivity contribution < 1.29 is 14.3 Å². The van der Waals surface area contributed by atoms with Crippen molar-refractivity contribution in [2.24, 2.45) is 0 Å². The van der Waals surface area contributed by atoms with Crippen molar-refractivity contribution in [2.75, 3.05) is 32.8 Å². The molecule has 110 valence electrons. The lowest BCUT2D eigenvalue weighted by molar-refractivity contribution is -0.131. The number of aryl methyl sites for hydroxylation is 1. The first-order valence-electron chi connectivity index (χ1n) is 6.81. The number of rotatable bonds is 5. The summed E-state index contributed by atoms with van der Waals surface area (Å²) in [5.74, 6) is 0.00154. The van der Waals surface area contributed by atoms with Crippen LogP contribution in [0.4, 0.5) is 0 Å². The largest absolute Gasteiger partial charge is 0.378 e. The van der Waals surface area contributed by atoms with E-state index in [-0.39, 0.29) is 24.3 Å². The molecular weight excluding hydrogens is 276 g/mol. The second-order valence-electron chi connectivity index (χ2n) is 4.79. The van der Waals surface area contributed by atoms with Crippen molar-refractivity contribution in [3.8, 4) is 0 Å². The van der Waals surface area contributed by atoms with Gasteiger partial charge < -0.3 is 10.1 Å². The van der Waals surface area contributed by atoms with Crippen LogP contribution in [0, 0.1) is 6.92 Å². The summed E-state index contributed by atoms with van der Waals surface area (Å²) >= 11 is 1.50. The van der Waals surface area contributed by atoms with Crippen LogP contribution in [-0.4, -0.2) is 55.5 Å². The molecule has 0 aliphatic carbocycles. The maximum atomic E-state index is 12.2. The number of hydrogen-bond acceptors (Lipinski definition) is 5. The second-order valence-corrected chi connectivity index (χ2v) is 6.08. The number of Topliss-reactive ketones (excluding diaryl/α,β-unsaturated/α-hetero) is 1. The molecule has 1 aromatic heterocycles. The molecular formula is C14H20N2O3S. The number of nitrogens with zero attached hydrogens (tertiary/aromatic N) is 1. The van der Waals surface area contributed by atoms with Crippen molar-refractivity contribution in [1.82, 2.24) is 10.2 Å². The lowest BCUT2D eigenvalue weighted by Crippen LogP contribution is -2.55. The smallest absolute Gasteiger partial charge is 0.239 e. The monoisotopic (exact) mass is 296 g/mol. The zero-order valence-corrected chi connectivity index (χ0v) is 12.7. The normalized spacial score (nSPS) is 19.8. The molecule has 1 aliphatic rings. The fourth-order valence-corrected chi connectivity index (χ4v) is 3.01. The Labute approximate surface area is 122 Å². The van der Waals surface area contributed by atoms with E-state index in [0.29, 0.717) is 26.3 Å². The predicted octanol–water partition coefficient (Wildman–Crippen LogP) is 1.08. The Hall–Kier alpha value is -1.24. The number of carbonyl (C=O) groups excluding carboxylic acids is 2. The van der Waals surface area contributed by atoms with Crippen molar-refractivity contribution in [1.29, 1.82) is 0 Å². The molecule has 2 heterocycles. The number of likely N-dealkylation sites (N-methyl/N-ethyl adjacent to an activating group) is 1. The number of amides is 1. The average Bonchev–Trinajstić information content (AvgIpc) is 2.86. The molecule has 0 spiro atoms. The molecule has 0 bridgehead atoms. The van der Waals surface area contributed by atoms with Gasteiger partial charge in [0.2, 0.25) is 5.91 Å². The number of morpholine rings is 1. The summed E-state index contributed by atoms with van der Waals surface area (Å²) in [6.07, 6.45) is 0. The van der Waals surface area contributed by atoms with Crippen LogP contribution >= 0.6 is 11.3 Å². The Bertz CT molecular complexity index is 487. The minimum Gasteiger partial charge on any atom is -0.378 e. The Morgan fingerprint density at radius 2 is 2.30 bits per heavy atom. The van der Waals surface area contributed by atoms with E-state index in [4.69, 9.17) is 4.74 Å². The van der Waals surface area contributed by atoms with Gasteiger partial charge >= 0.3 is 0 Å². The SMILES string of the molecule is CCNC(=O)C1COCCN1CC(=O)c1ccc(C)s1. The van der Waals surface area contributed by atoms with E-state index in [1.54, 1.807) is 0 Å². The number of ether oxygens (including phenoxy) is 1. The summed E-state index contributed by atoms with van der Waals surface area (Å²) in [5.41, 5.74) is 0. The first kappa shape index (κ1) is 15.2. The predicted molar refractivity (Wildman–Crippen MR) is 78.3 cm³/mol. The number of ketones is 1. The van der Waals surface area contributed by atoms with E-state index in [0.717, 1.165) is 9.75 Å². The molecule has 1 atom stereocenters. The minimum absolute atomic E-state index is 0.0673. The molecule has 20 heavy (non-hydrogen) atoms. The molecule has 1 unspecified atom stereocenters. The Morgan fingerprint density at radius 3 is 2.95 bits per heavy atom. The molecule has 6 heteroatoms. The number of thiophene rings is 1. The molecule has 0 radical (unpaired) electrons. The third-order valence-corrected chi connectivity index (χ3v) is 4.30. The van der Waals surface area contributed by atoms with Gasteiger partial charge in [-0.25, -0.2) is 0 Å². The van der Waals surface area contributed by atoms with Gasteiger partial charge in [0.1, 0.15) is 6.04 Å². The van der Waals surface area contributed by atoms with Gasteiger partial charge in [-0.1, -0.05) is 0 Å². The van der Waals surface area contributed by atoms with E-state index in [1.165, 1.54) is 11.3 Å². The highest BCUT2D eigenvalue weighted by atomic mass is 32.1. The quantitative estimate of drug-likeness (QED) is 0.826. The maximum Gasteiger partial charge on any atom is 0.239 e. The van der Waals surface area contributed by atoms with E-state index in [9.17, 15) is 9.59 Å². The van der Waals surface area contributed by atoms with Crippen molar-refractivity contribution in [3.05, 3.63) is 21.9 Å². The molecule has 2 rings (SSSR count). The Kier molecular flexibility index (Phi) is 5.28.